The number of hydrogen-bond donors (Lipinski definition) is 1. The molecule has 0 saturated carbocycles. The number of halogens is 3. The fraction of sp³-hybridized carbons (Fsp3) is 0.357. The number of aliphatic hydroxyl groups excluding tert-OH is 1. The van der Waals surface area contributed by atoms with Crippen LogP contribution in [-0.4, -0.2) is 16.2 Å². The summed E-state index contributed by atoms with van der Waals surface area (Å²) in [7, 11) is 0. The Morgan fingerprint density at radius 3 is 2.55 bits per heavy atom. The molecule has 2 nitrogen and oxygen atoms in total. The van der Waals surface area contributed by atoms with Crippen LogP contribution in [0, 0.1) is 0 Å². The minimum Gasteiger partial charge on any atom is -0.393 e. The van der Waals surface area contributed by atoms with Gasteiger partial charge in [-0.15, -0.1) is 11.3 Å². The fourth-order valence-electron chi connectivity index (χ4n) is 2.28. The van der Waals surface area contributed by atoms with Gasteiger partial charge in [-0.3, -0.25) is 0 Å². The number of fused-ring (bicyclic) bond motifs is 1. The van der Waals surface area contributed by atoms with Gasteiger partial charge in [0.25, 0.3) is 0 Å². The summed E-state index contributed by atoms with van der Waals surface area (Å²) in [6, 6.07) is 5.04. The Labute approximate surface area is 117 Å². The van der Waals surface area contributed by atoms with Crippen molar-refractivity contribution >= 4 is 11.3 Å². The van der Waals surface area contributed by atoms with E-state index in [2.05, 4.69) is 4.98 Å². The summed E-state index contributed by atoms with van der Waals surface area (Å²) < 4.78 is 37.5. The summed E-state index contributed by atoms with van der Waals surface area (Å²) in [5.74, 6) is 0. The highest BCUT2D eigenvalue weighted by atomic mass is 32.1. The zero-order valence-corrected chi connectivity index (χ0v) is 11.3. The van der Waals surface area contributed by atoms with Gasteiger partial charge in [-0.1, -0.05) is 12.1 Å². The Morgan fingerprint density at radius 1 is 1.20 bits per heavy atom. The summed E-state index contributed by atoms with van der Waals surface area (Å²) in [6.07, 6.45) is -2.63. The number of aromatic nitrogens is 1. The van der Waals surface area contributed by atoms with Gasteiger partial charge in [0.1, 0.15) is 5.01 Å². The molecule has 0 fully saturated rings. The molecule has 1 heterocycles. The SMILES string of the molecule is OC1CCc2nc(-c3ccc(C(F)(F)F)cc3)sc2C1. The molecule has 0 amide bonds. The highest BCUT2D eigenvalue weighted by Gasteiger charge is 2.30. The molecule has 106 valence electrons. The maximum atomic E-state index is 12.5. The zero-order chi connectivity index (χ0) is 14.3. The molecule has 3 rings (SSSR count). The molecule has 1 aliphatic carbocycles. The van der Waals surface area contributed by atoms with Gasteiger partial charge in [-0.2, -0.15) is 13.2 Å². The van der Waals surface area contributed by atoms with Gasteiger partial charge in [0.2, 0.25) is 0 Å². The fourth-order valence-corrected chi connectivity index (χ4v) is 3.47. The summed E-state index contributed by atoms with van der Waals surface area (Å²) >= 11 is 1.45. The van der Waals surface area contributed by atoms with Gasteiger partial charge in [0, 0.05) is 16.9 Å². The number of aryl methyl sites for hydroxylation is 1. The maximum Gasteiger partial charge on any atom is 0.416 e. The number of benzene rings is 1. The van der Waals surface area contributed by atoms with E-state index in [0.29, 0.717) is 18.4 Å². The van der Waals surface area contributed by atoms with Gasteiger partial charge in [0.15, 0.2) is 0 Å². The first-order chi connectivity index (χ1) is 9.43. The Morgan fingerprint density at radius 2 is 1.90 bits per heavy atom. The number of rotatable bonds is 1. The van der Waals surface area contributed by atoms with E-state index < -0.39 is 11.7 Å². The Bertz CT molecular complexity index is 618. The average molecular weight is 299 g/mol. The van der Waals surface area contributed by atoms with Crippen LogP contribution in [0.5, 0.6) is 0 Å². The lowest BCUT2D eigenvalue weighted by molar-refractivity contribution is -0.137. The summed E-state index contributed by atoms with van der Waals surface area (Å²) in [6.45, 7) is 0. The van der Waals surface area contributed by atoms with E-state index in [-0.39, 0.29) is 6.10 Å². The molecule has 1 aromatic heterocycles. The molecule has 0 spiro atoms. The van der Waals surface area contributed by atoms with Crippen molar-refractivity contribution < 1.29 is 18.3 Å². The highest BCUT2D eigenvalue weighted by molar-refractivity contribution is 7.15. The molecule has 1 N–H and O–H groups in total. The lowest BCUT2D eigenvalue weighted by Crippen LogP contribution is -2.17. The van der Waals surface area contributed by atoms with Crippen molar-refractivity contribution in [2.75, 3.05) is 0 Å². The van der Waals surface area contributed by atoms with Crippen molar-refractivity contribution in [1.82, 2.24) is 4.98 Å². The molecule has 0 radical (unpaired) electrons. The van der Waals surface area contributed by atoms with Crippen LogP contribution in [0.4, 0.5) is 13.2 Å². The van der Waals surface area contributed by atoms with Gasteiger partial charge in [-0.05, 0) is 25.0 Å². The van der Waals surface area contributed by atoms with E-state index in [1.54, 1.807) is 0 Å². The van der Waals surface area contributed by atoms with Crippen LogP contribution in [0.3, 0.4) is 0 Å². The molecule has 1 aliphatic rings. The van der Waals surface area contributed by atoms with E-state index >= 15 is 0 Å². The molecule has 1 aromatic carbocycles. The monoisotopic (exact) mass is 299 g/mol. The molecule has 0 saturated heterocycles. The Kier molecular flexibility index (Phi) is 3.30. The molecule has 1 unspecified atom stereocenters. The summed E-state index contributed by atoms with van der Waals surface area (Å²) in [5, 5.41) is 10.3. The Balaban J connectivity index is 1.90. The quantitative estimate of drug-likeness (QED) is 0.871. The zero-order valence-electron chi connectivity index (χ0n) is 10.4. The van der Waals surface area contributed by atoms with Gasteiger partial charge < -0.3 is 5.11 Å². The van der Waals surface area contributed by atoms with E-state index in [1.807, 2.05) is 0 Å². The van der Waals surface area contributed by atoms with E-state index in [9.17, 15) is 18.3 Å². The van der Waals surface area contributed by atoms with Gasteiger partial charge in [0.05, 0.1) is 17.4 Å². The smallest absolute Gasteiger partial charge is 0.393 e. The second-order valence-corrected chi connectivity index (χ2v) is 5.94. The minimum atomic E-state index is -4.31. The largest absolute Gasteiger partial charge is 0.416 e. The van der Waals surface area contributed by atoms with Crippen LogP contribution in [0.1, 0.15) is 22.6 Å². The van der Waals surface area contributed by atoms with Crippen molar-refractivity contribution in [2.24, 2.45) is 0 Å². The second-order valence-electron chi connectivity index (χ2n) is 4.86. The molecule has 20 heavy (non-hydrogen) atoms. The van der Waals surface area contributed by atoms with E-state index in [1.165, 1.54) is 23.5 Å². The predicted molar refractivity (Wildman–Crippen MR) is 70.6 cm³/mol. The first-order valence-corrected chi connectivity index (χ1v) is 7.09. The third-order valence-corrected chi connectivity index (χ3v) is 4.54. The highest BCUT2D eigenvalue weighted by Crippen LogP contribution is 2.35. The summed E-state index contributed by atoms with van der Waals surface area (Å²) in [4.78, 5) is 5.51. The number of nitrogens with zero attached hydrogens (tertiary/aromatic N) is 1. The van der Waals surface area contributed by atoms with Crippen LogP contribution in [-0.2, 0) is 19.0 Å². The van der Waals surface area contributed by atoms with Crippen molar-refractivity contribution in [3.05, 3.63) is 40.4 Å². The molecule has 0 bridgehead atoms. The third-order valence-electron chi connectivity index (χ3n) is 3.37. The lowest BCUT2D eigenvalue weighted by atomic mass is 10.0. The van der Waals surface area contributed by atoms with Gasteiger partial charge in [-0.25, -0.2) is 4.98 Å². The molecule has 6 heteroatoms. The van der Waals surface area contributed by atoms with Crippen molar-refractivity contribution in [2.45, 2.75) is 31.5 Å². The van der Waals surface area contributed by atoms with Crippen LogP contribution in [0.25, 0.3) is 10.6 Å². The molecular weight excluding hydrogens is 287 g/mol. The van der Waals surface area contributed by atoms with E-state index in [0.717, 1.165) is 34.1 Å². The first-order valence-electron chi connectivity index (χ1n) is 6.28. The third kappa shape index (κ3) is 2.58. The normalized spacial score (nSPS) is 18.9. The van der Waals surface area contributed by atoms with Gasteiger partial charge >= 0.3 is 6.18 Å². The van der Waals surface area contributed by atoms with Crippen LogP contribution in [0.2, 0.25) is 0 Å². The molecular formula is C14H12F3NOS. The molecule has 0 aliphatic heterocycles. The van der Waals surface area contributed by atoms with Crippen LogP contribution < -0.4 is 0 Å². The number of alkyl halides is 3. The van der Waals surface area contributed by atoms with E-state index in [4.69, 9.17) is 0 Å². The summed E-state index contributed by atoms with van der Waals surface area (Å²) in [5.41, 5.74) is 1.00. The predicted octanol–water partition coefficient (Wildman–Crippen LogP) is 3.68. The first kappa shape index (κ1) is 13.6. The maximum absolute atomic E-state index is 12.5. The topological polar surface area (TPSA) is 33.1 Å². The molecule has 1 atom stereocenters. The van der Waals surface area contributed by atoms with Crippen LogP contribution in [0.15, 0.2) is 24.3 Å². The average Bonchev–Trinajstić information content (AvgIpc) is 2.80. The number of hydrogen-bond acceptors (Lipinski definition) is 3. The minimum absolute atomic E-state index is 0.330. The van der Waals surface area contributed by atoms with Crippen LogP contribution >= 0.6 is 11.3 Å². The Hall–Kier alpha value is -1.40. The second kappa shape index (κ2) is 4.86. The number of thiazole rings is 1. The standard InChI is InChI=1S/C14H12F3NOS/c15-14(16,17)9-3-1-8(2-4-9)13-18-11-6-5-10(19)7-12(11)20-13/h1-4,10,19H,5-7H2. The molecule has 2 aromatic rings. The van der Waals surface area contributed by atoms with Crippen molar-refractivity contribution in [3.8, 4) is 10.6 Å². The number of aliphatic hydroxyl groups is 1. The van der Waals surface area contributed by atoms with Crippen molar-refractivity contribution in [3.63, 3.8) is 0 Å². The van der Waals surface area contributed by atoms with Crippen molar-refractivity contribution in [1.29, 1.82) is 0 Å². The lowest BCUT2D eigenvalue weighted by Gasteiger charge is -2.14.